The van der Waals surface area contributed by atoms with Crippen molar-refractivity contribution in [1.29, 1.82) is 0 Å². The van der Waals surface area contributed by atoms with Crippen LogP contribution in [0, 0.1) is 6.92 Å². The van der Waals surface area contributed by atoms with Crippen LogP contribution >= 0.6 is 0 Å². The highest BCUT2D eigenvalue weighted by Gasteiger charge is 2.12. The zero-order valence-corrected chi connectivity index (χ0v) is 7.27. The first-order chi connectivity index (χ1) is 6.09. The number of aromatic nitrogens is 1. The van der Waals surface area contributed by atoms with E-state index in [0.29, 0.717) is 5.69 Å². The molecule has 4 nitrogen and oxygen atoms in total. The van der Waals surface area contributed by atoms with Gasteiger partial charge in [0, 0.05) is 6.20 Å². The summed E-state index contributed by atoms with van der Waals surface area (Å²) in [7, 11) is 0. The zero-order valence-electron chi connectivity index (χ0n) is 7.27. The number of aliphatic carboxylic acids is 1. The molecule has 0 bridgehead atoms. The van der Waals surface area contributed by atoms with Gasteiger partial charge in [-0.25, -0.2) is 0 Å². The number of pyridine rings is 1. The molecule has 4 heteroatoms. The number of hydrogen-bond acceptors (Lipinski definition) is 3. The van der Waals surface area contributed by atoms with Crippen molar-refractivity contribution in [3.8, 4) is 0 Å². The van der Waals surface area contributed by atoms with Gasteiger partial charge in [0.25, 0.3) is 0 Å². The molecule has 1 heterocycles. The van der Waals surface area contributed by atoms with Gasteiger partial charge in [-0.05, 0) is 18.6 Å². The van der Waals surface area contributed by atoms with Crippen molar-refractivity contribution in [3.63, 3.8) is 0 Å². The highest BCUT2D eigenvalue weighted by atomic mass is 16.4. The maximum Gasteiger partial charge on any atom is 0.306 e. The lowest BCUT2D eigenvalue weighted by Gasteiger charge is -2.06. The number of carboxylic acid groups (broad SMARTS) is 1. The number of rotatable bonds is 3. The number of aliphatic hydroxyl groups excluding tert-OH is 1. The summed E-state index contributed by atoms with van der Waals surface area (Å²) in [6.45, 7) is 1.88. The number of hydrogen-bond donors (Lipinski definition) is 2. The van der Waals surface area contributed by atoms with Gasteiger partial charge in [0.05, 0.1) is 12.1 Å². The third kappa shape index (κ3) is 2.83. The molecule has 0 amide bonds. The summed E-state index contributed by atoms with van der Waals surface area (Å²) in [5.74, 6) is -1.03. The summed E-state index contributed by atoms with van der Waals surface area (Å²) in [6.07, 6.45) is 0.273. The molecule has 70 valence electrons. The molecule has 13 heavy (non-hydrogen) atoms. The second kappa shape index (κ2) is 4.00. The lowest BCUT2D eigenvalue weighted by Crippen LogP contribution is -2.06. The van der Waals surface area contributed by atoms with Crippen LogP contribution in [0.4, 0.5) is 0 Å². The Morgan fingerprint density at radius 1 is 1.62 bits per heavy atom. The number of nitrogens with zero attached hydrogens (tertiary/aromatic N) is 1. The molecule has 0 radical (unpaired) electrons. The van der Waals surface area contributed by atoms with E-state index in [-0.39, 0.29) is 6.42 Å². The van der Waals surface area contributed by atoms with E-state index in [9.17, 15) is 9.90 Å². The minimum absolute atomic E-state index is 0.309. The van der Waals surface area contributed by atoms with E-state index < -0.39 is 12.1 Å². The van der Waals surface area contributed by atoms with Gasteiger partial charge in [-0.3, -0.25) is 9.78 Å². The maximum absolute atomic E-state index is 10.3. The average molecular weight is 181 g/mol. The molecule has 0 aliphatic carbocycles. The summed E-state index contributed by atoms with van der Waals surface area (Å²) in [4.78, 5) is 14.2. The Kier molecular flexibility index (Phi) is 2.97. The maximum atomic E-state index is 10.3. The van der Waals surface area contributed by atoms with E-state index in [1.54, 1.807) is 18.3 Å². The van der Waals surface area contributed by atoms with Gasteiger partial charge < -0.3 is 10.2 Å². The third-order valence-corrected chi connectivity index (χ3v) is 1.64. The molecule has 1 aromatic rings. The first-order valence-corrected chi connectivity index (χ1v) is 3.92. The van der Waals surface area contributed by atoms with Crippen molar-refractivity contribution in [3.05, 3.63) is 29.6 Å². The van der Waals surface area contributed by atoms with Crippen LogP contribution in [0.15, 0.2) is 18.3 Å². The van der Waals surface area contributed by atoms with Gasteiger partial charge in [0.2, 0.25) is 0 Å². The van der Waals surface area contributed by atoms with E-state index in [4.69, 9.17) is 5.11 Å². The normalized spacial score (nSPS) is 12.5. The number of aliphatic hydroxyl groups is 1. The topological polar surface area (TPSA) is 70.4 Å². The largest absolute Gasteiger partial charge is 0.481 e. The molecule has 1 atom stereocenters. The predicted octanol–water partition coefficient (Wildman–Crippen LogP) is 0.898. The van der Waals surface area contributed by atoms with Crippen LogP contribution in [0.3, 0.4) is 0 Å². The quantitative estimate of drug-likeness (QED) is 0.726. The second-order valence-electron chi connectivity index (χ2n) is 2.87. The molecular formula is C9H11NO3. The summed E-state index contributed by atoms with van der Waals surface area (Å²) in [5, 5.41) is 17.8. The molecule has 0 aromatic carbocycles. The van der Waals surface area contributed by atoms with Gasteiger partial charge in [-0.2, -0.15) is 0 Å². The first-order valence-electron chi connectivity index (χ1n) is 3.92. The molecule has 0 fully saturated rings. The van der Waals surface area contributed by atoms with Gasteiger partial charge in [-0.15, -0.1) is 0 Å². The minimum atomic E-state index is -1.03. The predicted molar refractivity (Wildman–Crippen MR) is 46.2 cm³/mol. The monoisotopic (exact) mass is 181 g/mol. The van der Waals surface area contributed by atoms with Crippen LogP contribution in [0.25, 0.3) is 0 Å². The minimum Gasteiger partial charge on any atom is -0.481 e. The number of carbonyl (C=O) groups is 1. The van der Waals surface area contributed by atoms with Crippen LogP contribution in [0.5, 0.6) is 0 Å². The third-order valence-electron chi connectivity index (χ3n) is 1.64. The Morgan fingerprint density at radius 3 is 2.77 bits per heavy atom. The Hall–Kier alpha value is -1.42. The number of carboxylic acids is 1. The fourth-order valence-electron chi connectivity index (χ4n) is 0.946. The Morgan fingerprint density at radius 2 is 2.31 bits per heavy atom. The summed E-state index contributed by atoms with van der Waals surface area (Å²) >= 11 is 0. The molecular weight excluding hydrogens is 170 g/mol. The van der Waals surface area contributed by atoms with E-state index in [1.165, 1.54) is 0 Å². The van der Waals surface area contributed by atoms with Crippen LogP contribution in [-0.4, -0.2) is 21.2 Å². The smallest absolute Gasteiger partial charge is 0.306 e. The van der Waals surface area contributed by atoms with E-state index in [2.05, 4.69) is 4.98 Å². The number of aryl methyl sites for hydroxylation is 1. The van der Waals surface area contributed by atoms with E-state index in [0.717, 1.165) is 5.56 Å². The van der Waals surface area contributed by atoms with Crippen molar-refractivity contribution in [2.45, 2.75) is 19.4 Å². The van der Waals surface area contributed by atoms with Crippen molar-refractivity contribution in [2.24, 2.45) is 0 Å². The first kappa shape index (κ1) is 9.67. The fourth-order valence-corrected chi connectivity index (χ4v) is 0.946. The Bertz CT molecular complexity index is 294. The molecule has 1 rings (SSSR count). The Balaban J connectivity index is 2.71. The SMILES string of the molecule is Cc1ccc(C(O)CC(=O)O)nc1. The standard InChI is InChI=1S/C9H11NO3/c1-6-2-3-7(10-5-6)8(11)4-9(12)13/h2-3,5,8,11H,4H2,1H3,(H,12,13). The van der Waals surface area contributed by atoms with Gasteiger partial charge in [0.15, 0.2) is 0 Å². The van der Waals surface area contributed by atoms with Crippen LogP contribution in [0.2, 0.25) is 0 Å². The van der Waals surface area contributed by atoms with Crippen molar-refractivity contribution >= 4 is 5.97 Å². The van der Waals surface area contributed by atoms with E-state index in [1.807, 2.05) is 6.92 Å². The Labute approximate surface area is 75.9 Å². The lowest BCUT2D eigenvalue weighted by atomic mass is 10.1. The highest BCUT2D eigenvalue weighted by molar-refractivity contribution is 5.67. The fraction of sp³-hybridized carbons (Fsp3) is 0.333. The zero-order chi connectivity index (χ0) is 9.84. The van der Waals surface area contributed by atoms with Crippen LogP contribution in [-0.2, 0) is 4.79 Å². The van der Waals surface area contributed by atoms with Crippen molar-refractivity contribution in [2.75, 3.05) is 0 Å². The van der Waals surface area contributed by atoms with Crippen LogP contribution in [0.1, 0.15) is 23.8 Å². The van der Waals surface area contributed by atoms with Crippen LogP contribution < -0.4 is 0 Å². The molecule has 1 unspecified atom stereocenters. The van der Waals surface area contributed by atoms with Crippen molar-refractivity contribution < 1.29 is 15.0 Å². The van der Waals surface area contributed by atoms with Gasteiger partial charge in [0.1, 0.15) is 6.10 Å². The summed E-state index contributed by atoms with van der Waals surface area (Å²) in [5.41, 5.74) is 1.37. The lowest BCUT2D eigenvalue weighted by molar-refractivity contribution is -0.139. The molecule has 0 saturated carbocycles. The van der Waals surface area contributed by atoms with E-state index >= 15 is 0 Å². The molecule has 0 spiro atoms. The molecule has 1 aromatic heterocycles. The van der Waals surface area contributed by atoms with Gasteiger partial charge in [-0.1, -0.05) is 6.07 Å². The molecule has 0 aliphatic heterocycles. The molecule has 2 N–H and O–H groups in total. The molecule has 0 saturated heterocycles. The van der Waals surface area contributed by atoms with Crippen molar-refractivity contribution in [1.82, 2.24) is 4.98 Å². The molecule has 0 aliphatic rings. The summed E-state index contributed by atoms with van der Waals surface area (Å²) in [6, 6.07) is 3.41. The average Bonchev–Trinajstić information content (AvgIpc) is 2.04. The highest BCUT2D eigenvalue weighted by Crippen LogP contribution is 2.13. The second-order valence-corrected chi connectivity index (χ2v) is 2.87. The summed E-state index contributed by atoms with van der Waals surface area (Å²) < 4.78 is 0. The van der Waals surface area contributed by atoms with Gasteiger partial charge >= 0.3 is 5.97 Å².